The highest BCUT2D eigenvalue weighted by atomic mass is 35.5. The van der Waals surface area contributed by atoms with E-state index in [4.69, 9.17) is 23.2 Å². The number of benzene rings is 2. The van der Waals surface area contributed by atoms with Gasteiger partial charge in [0.2, 0.25) is 0 Å². The normalized spacial score (nSPS) is 13.0. The Morgan fingerprint density at radius 3 is 2.12 bits per heavy atom. The molecule has 1 amide bonds. The third-order valence-electron chi connectivity index (χ3n) is 3.48. The van der Waals surface area contributed by atoms with Crippen molar-refractivity contribution in [2.24, 2.45) is 0 Å². The number of carbonyl (C=O) groups is 1. The first-order chi connectivity index (χ1) is 11.7. The number of carbonyl (C=O) groups excluding carboxylic acids is 1. The quantitative estimate of drug-likeness (QED) is 0.714. The first-order valence-electron chi connectivity index (χ1n) is 7.24. The van der Waals surface area contributed by atoms with Crippen LogP contribution in [0.2, 0.25) is 10.0 Å². The summed E-state index contributed by atoms with van der Waals surface area (Å²) in [5.74, 6) is -2.11. The molecule has 25 heavy (non-hydrogen) atoms. The Morgan fingerprint density at radius 2 is 1.64 bits per heavy atom. The van der Waals surface area contributed by atoms with Crippen molar-refractivity contribution in [3.05, 3.63) is 75.3 Å². The second-order valence-electron chi connectivity index (χ2n) is 5.28. The SMILES string of the molecule is CNC(=O)c1ccc(C=CC(c2cc(Cl)cc(Cl)c2)C(F)(F)F)cc1. The molecule has 132 valence electrons. The van der Waals surface area contributed by atoms with Gasteiger partial charge in [0, 0.05) is 22.7 Å². The number of nitrogens with one attached hydrogen (secondary N) is 1. The Hall–Kier alpha value is -1.98. The topological polar surface area (TPSA) is 29.1 Å². The fourth-order valence-electron chi connectivity index (χ4n) is 2.26. The van der Waals surface area contributed by atoms with Crippen LogP contribution in [0.5, 0.6) is 0 Å². The van der Waals surface area contributed by atoms with E-state index in [1.807, 2.05) is 0 Å². The Kier molecular flexibility index (Phi) is 6.14. The maximum absolute atomic E-state index is 13.4. The van der Waals surface area contributed by atoms with E-state index in [9.17, 15) is 18.0 Å². The van der Waals surface area contributed by atoms with Gasteiger partial charge >= 0.3 is 6.18 Å². The lowest BCUT2D eigenvalue weighted by atomic mass is 9.97. The average molecular weight is 388 g/mol. The summed E-state index contributed by atoms with van der Waals surface area (Å²) in [6, 6.07) is 10.1. The third kappa shape index (κ3) is 5.25. The molecule has 0 aliphatic heterocycles. The van der Waals surface area contributed by atoms with Gasteiger partial charge in [0.05, 0.1) is 5.92 Å². The highest BCUT2D eigenvalue weighted by Crippen LogP contribution is 2.38. The zero-order chi connectivity index (χ0) is 18.6. The first kappa shape index (κ1) is 19.3. The summed E-state index contributed by atoms with van der Waals surface area (Å²) in [7, 11) is 1.50. The average Bonchev–Trinajstić information content (AvgIpc) is 2.52. The minimum absolute atomic E-state index is 0.0387. The summed E-state index contributed by atoms with van der Waals surface area (Å²) < 4.78 is 40.2. The van der Waals surface area contributed by atoms with Crippen molar-refractivity contribution in [1.29, 1.82) is 0 Å². The third-order valence-corrected chi connectivity index (χ3v) is 3.91. The molecule has 0 spiro atoms. The van der Waals surface area contributed by atoms with Crippen molar-refractivity contribution in [1.82, 2.24) is 5.32 Å². The number of allylic oxidation sites excluding steroid dienone is 1. The standard InChI is InChI=1S/C18H14Cl2F3NO/c1-24-17(25)12-5-2-11(3-6-12)4-7-16(18(21,22)23)13-8-14(19)10-15(20)9-13/h2-10,16H,1H3,(H,24,25). The smallest absolute Gasteiger partial charge is 0.355 e. The Morgan fingerprint density at radius 1 is 1.08 bits per heavy atom. The van der Waals surface area contributed by atoms with Gasteiger partial charge in [-0.2, -0.15) is 13.2 Å². The highest BCUT2D eigenvalue weighted by molar-refractivity contribution is 6.34. The van der Waals surface area contributed by atoms with Crippen LogP contribution in [0, 0.1) is 0 Å². The van der Waals surface area contributed by atoms with E-state index >= 15 is 0 Å². The summed E-state index contributed by atoms with van der Waals surface area (Å²) in [6.45, 7) is 0. The van der Waals surface area contributed by atoms with Gasteiger partial charge in [-0.1, -0.05) is 47.5 Å². The van der Waals surface area contributed by atoms with Crippen LogP contribution in [0.4, 0.5) is 13.2 Å². The van der Waals surface area contributed by atoms with Crippen LogP contribution in [0.1, 0.15) is 27.4 Å². The minimum atomic E-state index is -4.49. The molecule has 7 heteroatoms. The lowest BCUT2D eigenvalue weighted by Gasteiger charge is -2.18. The van der Waals surface area contributed by atoms with E-state index in [1.165, 1.54) is 43.5 Å². The first-order valence-corrected chi connectivity index (χ1v) is 7.99. The van der Waals surface area contributed by atoms with Gasteiger partial charge in [-0.15, -0.1) is 0 Å². The monoisotopic (exact) mass is 387 g/mol. The summed E-state index contributed by atoms with van der Waals surface area (Å²) in [5.41, 5.74) is 0.923. The van der Waals surface area contributed by atoms with Crippen LogP contribution >= 0.6 is 23.2 Å². The van der Waals surface area contributed by atoms with E-state index in [1.54, 1.807) is 12.1 Å². The van der Waals surface area contributed by atoms with E-state index in [-0.39, 0.29) is 21.5 Å². The second kappa shape index (κ2) is 7.93. The maximum atomic E-state index is 13.4. The molecule has 1 unspecified atom stereocenters. The van der Waals surface area contributed by atoms with Crippen molar-refractivity contribution in [3.63, 3.8) is 0 Å². The fourth-order valence-corrected chi connectivity index (χ4v) is 2.80. The number of halogens is 5. The van der Waals surface area contributed by atoms with Crippen LogP contribution < -0.4 is 5.32 Å². The molecule has 0 radical (unpaired) electrons. The Labute approximate surface area is 153 Å². The highest BCUT2D eigenvalue weighted by Gasteiger charge is 2.39. The molecule has 0 heterocycles. The van der Waals surface area contributed by atoms with Crippen molar-refractivity contribution in [2.45, 2.75) is 12.1 Å². The number of hydrogen-bond donors (Lipinski definition) is 1. The molecular weight excluding hydrogens is 374 g/mol. The van der Waals surface area contributed by atoms with Gasteiger partial charge in [-0.25, -0.2) is 0 Å². The minimum Gasteiger partial charge on any atom is -0.355 e. The molecular formula is C18H14Cl2F3NO. The van der Waals surface area contributed by atoms with E-state index in [0.717, 1.165) is 6.08 Å². The van der Waals surface area contributed by atoms with Gasteiger partial charge in [-0.3, -0.25) is 4.79 Å². The maximum Gasteiger partial charge on any atom is 0.399 e. The van der Waals surface area contributed by atoms with Crippen LogP contribution in [0.3, 0.4) is 0 Å². The van der Waals surface area contributed by atoms with Crippen LogP contribution in [0.15, 0.2) is 48.5 Å². The zero-order valence-corrected chi connectivity index (χ0v) is 14.6. The number of rotatable bonds is 4. The van der Waals surface area contributed by atoms with E-state index < -0.39 is 12.1 Å². The molecule has 2 nitrogen and oxygen atoms in total. The largest absolute Gasteiger partial charge is 0.399 e. The second-order valence-corrected chi connectivity index (χ2v) is 6.16. The predicted octanol–water partition coefficient (Wildman–Crippen LogP) is 5.71. The molecule has 0 aliphatic carbocycles. The molecule has 0 fully saturated rings. The summed E-state index contributed by atoms with van der Waals surface area (Å²) in [5, 5.41) is 2.75. The van der Waals surface area contributed by atoms with Gasteiger partial charge < -0.3 is 5.32 Å². The molecule has 1 N–H and O–H groups in total. The molecule has 2 rings (SSSR count). The molecule has 1 atom stereocenters. The van der Waals surface area contributed by atoms with Crippen molar-refractivity contribution in [3.8, 4) is 0 Å². The summed E-state index contributed by atoms with van der Waals surface area (Å²) >= 11 is 11.6. The summed E-state index contributed by atoms with van der Waals surface area (Å²) in [4.78, 5) is 11.5. The summed E-state index contributed by atoms with van der Waals surface area (Å²) in [6.07, 6.45) is -2.11. The molecule has 0 aromatic heterocycles. The molecule has 0 aliphatic rings. The zero-order valence-electron chi connectivity index (χ0n) is 13.1. The molecule has 0 bridgehead atoms. The number of hydrogen-bond acceptors (Lipinski definition) is 1. The molecule has 0 saturated carbocycles. The Bertz CT molecular complexity index is 766. The van der Waals surface area contributed by atoms with Crippen LogP contribution in [-0.2, 0) is 0 Å². The van der Waals surface area contributed by atoms with E-state index in [0.29, 0.717) is 11.1 Å². The lowest BCUT2D eigenvalue weighted by Crippen LogP contribution is -2.19. The van der Waals surface area contributed by atoms with Gasteiger partial charge in [0.25, 0.3) is 5.91 Å². The number of alkyl halides is 3. The molecule has 0 saturated heterocycles. The van der Waals surface area contributed by atoms with Crippen molar-refractivity contribution < 1.29 is 18.0 Å². The molecule has 2 aromatic carbocycles. The van der Waals surface area contributed by atoms with Gasteiger partial charge in [-0.05, 0) is 41.5 Å². The van der Waals surface area contributed by atoms with Crippen LogP contribution in [-0.4, -0.2) is 19.1 Å². The van der Waals surface area contributed by atoms with Crippen molar-refractivity contribution in [2.75, 3.05) is 7.05 Å². The Balaban J connectivity index is 2.31. The van der Waals surface area contributed by atoms with Crippen molar-refractivity contribution >= 4 is 35.2 Å². The van der Waals surface area contributed by atoms with E-state index in [2.05, 4.69) is 5.32 Å². The molecule has 2 aromatic rings. The van der Waals surface area contributed by atoms with Crippen LogP contribution in [0.25, 0.3) is 6.08 Å². The predicted molar refractivity (Wildman–Crippen MR) is 94.1 cm³/mol. The number of amides is 1. The lowest BCUT2D eigenvalue weighted by molar-refractivity contribution is -0.139. The van der Waals surface area contributed by atoms with Gasteiger partial charge in [0.1, 0.15) is 0 Å². The van der Waals surface area contributed by atoms with Gasteiger partial charge in [0.15, 0.2) is 0 Å². The fraction of sp³-hybridized carbons (Fsp3) is 0.167.